The molecule has 1 aromatic carbocycles. The number of rotatable bonds is 6. The van der Waals surface area contributed by atoms with Gasteiger partial charge in [-0.2, -0.15) is 0 Å². The molecule has 2 nitrogen and oxygen atoms in total. The summed E-state index contributed by atoms with van der Waals surface area (Å²) in [6.45, 7) is 4.68. The molecule has 0 saturated carbocycles. The third kappa shape index (κ3) is 9.01. The van der Waals surface area contributed by atoms with Crippen LogP contribution in [0.3, 0.4) is 0 Å². The Morgan fingerprint density at radius 2 is 1.71 bits per heavy atom. The Bertz CT molecular complexity index is 269. The molecule has 0 unspecified atom stereocenters. The van der Waals surface area contributed by atoms with E-state index < -0.39 is 0 Å². The molecule has 0 saturated heterocycles. The third-order valence-corrected chi connectivity index (χ3v) is 2.27. The monoisotopic (exact) mass is 444 g/mol. The fraction of sp³-hybridized carbons (Fsp3) is 0.462. The van der Waals surface area contributed by atoms with Crippen molar-refractivity contribution in [3.63, 3.8) is 0 Å². The van der Waals surface area contributed by atoms with Crippen LogP contribution in [0.1, 0.15) is 19.4 Å². The molecule has 17 heavy (non-hydrogen) atoms. The predicted molar refractivity (Wildman–Crippen MR) is 61.5 cm³/mol. The molecule has 92 valence electrons. The van der Waals surface area contributed by atoms with Gasteiger partial charge in [0, 0.05) is 13.5 Å². The smallest absolute Gasteiger partial charge is 1.00 e. The number of hydrogen-bond donors (Lipinski definition) is 0. The maximum absolute atomic E-state index is 5.66. The van der Waals surface area contributed by atoms with Gasteiger partial charge in [0.05, 0.1) is 18.8 Å². The molecule has 4 heteroatoms. The SMILES string of the molecule is CO[C@H](C)[CH][C@H](C)OCc1ccccc1.[Cl-].[Hg+]. The van der Waals surface area contributed by atoms with E-state index in [-0.39, 0.29) is 52.3 Å². The summed E-state index contributed by atoms with van der Waals surface area (Å²) in [6, 6.07) is 10.2. The first-order valence-electron chi connectivity index (χ1n) is 5.25. The quantitative estimate of drug-likeness (QED) is 0.569. The van der Waals surface area contributed by atoms with Crippen molar-refractivity contribution in [2.24, 2.45) is 0 Å². The summed E-state index contributed by atoms with van der Waals surface area (Å²) in [5.41, 5.74) is 1.20. The molecule has 0 amide bonds. The van der Waals surface area contributed by atoms with Crippen LogP contribution in [0.15, 0.2) is 30.3 Å². The minimum Gasteiger partial charge on any atom is -1.00 e. The van der Waals surface area contributed by atoms with Crippen molar-refractivity contribution >= 4 is 0 Å². The second kappa shape index (κ2) is 11.5. The van der Waals surface area contributed by atoms with Crippen LogP contribution in [-0.4, -0.2) is 19.3 Å². The average Bonchev–Trinajstić information content (AvgIpc) is 2.27. The number of methoxy groups -OCH3 is 1. The van der Waals surface area contributed by atoms with Crippen LogP contribution in [0.25, 0.3) is 0 Å². The van der Waals surface area contributed by atoms with Crippen molar-refractivity contribution in [3.05, 3.63) is 42.3 Å². The molecule has 1 aromatic rings. The molecule has 0 aliphatic rings. The topological polar surface area (TPSA) is 18.5 Å². The largest absolute Gasteiger partial charge is 1.00 e. The molecule has 2 atom stereocenters. The third-order valence-electron chi connectivity index (χ3n) is 2.27. The zero-order valence-corrected chi connectivity index (χ0v) is 17.0. The Morgan fingerprint density at radius 1 is 1.12 bits per heavy atom. The van der Waals surface area contributed by atoms with Gasteiger partial charge in [0.2, 0.25) is 0 Å². The van der Waals surface area contributed by atoms with Crippen molar-refractivity contribution in [1.29, 1.82) is 0 Å². The first kappa shape index (κ1) is 19.7. The van der Waals surface area contributed by atoms with E-state index in [9.17, 15) is 0 Å². The van der Waals surface area contributed by atoms with E-state index in [1.165, 1.54) is 5.56 Å². The molecule has 1 rings (SSSR count). The van der Waals surface area contributed by atoms with Gasteiger partial charge in [0.15, 0.2) is 0 Å². The van der Waals surface area contributed by atoms with Crippen molar-refractivity contribution in [3.8, 4) is 0 Å². The average molecular weight is 443 g/mol. The molecule has 0 N–H and O–H groups in total. The van der Waals surface area contributed by atoms with E-state index in [4.69, 9.17) is 9.47 Å². The Balaban J connectivity index is 0. The summed E-state index contributed by atoms with van der Waals surface area (Å²) in [5, 5.41) is 0. The second-order valence-corrected chi connectivity index (χ2v) is 3.63. The van der Waals surface area contributed by atoms with Crippen molar-refractivity contribution in [2.75, 3.05) is 7.11 Å². The summed E-state index contributed by atoms with van der Waals surface area (Å²) in [5.74, 6) is 0. The summed E-state index contributed by atoms with van der Waals surface area (Å²) < 4.78 is 10.8. The molecular formula is C13H19ClHgO2. The molecule has 2 radical (unpaired) electrons. The summed E-state index contributed by atoms with van der Waals surface area (Å²) in [7, 11) is 1.70. The molecule has 0 spiro atoms. The Morgan fingerprint density at radius 3 is 2.24 bits per heavy atom. The second-order valence-electron chi connectivity index (χ2n) is 3.63. The van der Waals surface area contributed by atoms with E-state index in [0.717, 1.165) is 0 Å². The number of halogens is 1. The van der Waals surface area contributed by atoms with E-state index in [1.54, 1.807) is 7.11 Å². The van der Waals surface area contributed by atoms with E-state index in [1.807, 2.05) is 38.5 Å². The maximum atomic E-state index is 5.66. The zero-order chi connectivity index (χ0) is 11.1. The van der Waals surface area contributed by atoms with Crippen molar-refractivity contribution < 1.29 is 49.5 Å². The Labute approximate surface area is 131 Å². The van der Waals surface area contributed by atoms with Gasteiger partial charge in [0.25, 0.3) is 0 Å². The van der Waals surface area contributed by atoms with Gasteiger partial charge >= 0.3 is 27.7 Å². The van der Waals surface area contributed by atoms with Gasteiger partial charge in [-0.05, 0) is 19.4 Å². The van der Waals surface area contributed by atoms with E-state index >= 15 is 0 Å². The number of benzene rings is 1. The van der Waals surface area contributed by atoms with Crippen LogP contribution in [0.2, 0.25) is 0 Å². The number of hydrogen-bond acceptors (Lipinski definition) is 2. The summed E-state index contributed by atoms with van der Waals surface area (Å²) in [4.78, 5) is 0. The summed E-state index contributed by atoms with van der Waals surface area (Å²) >= 11 is 0. The van der Waals surface area contributed by atoms with Gasteiger partial charge in [-0.25, -0.2) is 0 Å². The van der Waals surface area contributed by atoms with Crippen LogP contribution in [0, 0.1) is 6.42 Å². The fourth-order valence-corrected chi connectivity index (χ4v) is 1.32. The minimum atomic E-state index is 0. The van der Waals surface area contributed by atoms with E-state index in [2.05, 4.69) is 12.1 Å². The van der Waals surface area contributed by atoms with Crippen LogP contribution < -0.4 is 12.4 Å². The first-order valence-corrected chi connectivity index (χ1v) is 5.25. The van der Waals surface area contributed by atoms with Gasteiger partial charge in [-0.15, -0.1) is 0 Å². The minimum absolute atomic E-state index is 0. The Hall–Kier alpha value is 0.365. The molecule has 0 aromatic heterocycles. The first-order chi connectivity index (χ1) is 7.22. The molecular weight excluding hydrogens is 424 g/mol. The maximum Gasteiger partial charge on any atom is 1.00 e. The Kier molecular flexibility index (Phi) is 13.3. The van der Waals surface area contributed by atoms with Crippen LogP contribution >= 0.6 is 0 Å². The number of ether oxygens (including phenoxy) is 2. The molecule has 0 aliphatic carbocycles. The van der Waals surface area contributed by atoms with Gasteiger partial charge in [-0.3, -0.25) is 0 Å². The molecule has 0 bridgehead atoms. The van der Waals surface area contributed by atoms with Crippen molar-refractivity contribution in [2.45, 2.75) is 32.7 Å². The zero-order valence-electron chi connectivity index (χ0n) is 10.7. The molecule has 0 aliphatic heterocycles. The van der Waals surface area contributed by atoms with Crippen LogP contribution in [0.5, 0.6) is 0 Å². The summed E-state index contributed by atoms with van der Waals surface area (Å²) in [6.07, 6.45) is 2.29. The van der Waals surface area contributed by atoms with Crippen LogP contribution in [-0.2, 0) is 43.7 Å². The molecule has 0 fully saturated rings. The van der Waals surface area contributed by atoms with Gasteiger partial charge in [0.1, 0.15) is 0 Å². The molecule has 0 heterocycles. The predicted octanol–water partition coefficient (Wildman–Crippen LogP) is -0.168. The van der Waals surface area contributed by atoms with Crippen LogP contribution in [0.4, 0.5) is 0 Å². The normalized spacial score (nSPS) is 13.1. The fourth-order valence-electron chi connectivity index (χ4n) is 1.32. The van der Waals surface area contributed by atoms with Gasteiger partial charge < -0.3 is 21.9 Å². The van der Waals surface area contributed by atoms with Gasteiger partial charge in [-0.1, -0.05) is 30.3 Å². The standard InChI is InChI=1S/C13H19O2.ClH.Hg/c1-11(14-3)9-12(2)15-10-13-7-5-4-6-8-13;;/h4-9,11-12H,10H2,1-3H3;1H;/q;;+1/p-1/t11-,12+;;/m1../s1. The van der Waals surface area contributed by atoms with Crippen molar-refractivity contribution in [1.82, 2.24) is 0 Å². The van der Waals surface area contributed by atoms with E-state index in [0.29, 0.717) is 6.61 Å².